The van der Waals surface area contributed by atoms with E-state index in [1.165, 1.54) is 250 Å². The zero-order valence-corrected chi connectivity index (χ0v) is 55.4. The van der Waals surface area contributed by atoms with Crippen molar-refractivity contribution >= 4 is 17.9 Å². The van der Waals surface area contributed by atoms with Crippen molar-refractivity contribution in [2.75, 3.05) is 47.5 Å². The summed E-state index contributed by atoms with van der Waals surface area (Å²) < 4.78 is 23.0. The number of nitrogens with zero attached hydrogens (tertiary/aromatic N) is 1. The molecule has 0 aromatic rings. The summed E-state index contributed by atoms with van der Waals surface area (Å²) in [5, 5.41) is 9.75. The van der Waals surface area contributed by atoms with Crippen molar-refractivity contribution in [1.82, 2.24) is 0 Å². The van der Waals surface area contributed by atoms with Crippen LogP contribution in [0.2, 0.25) is 0 Å². The van der Waals surface area contributed by atoms with Gasteiger partial charge in [-0.25, -0.2) is 4.79 Å². The van der Waals surface area contributed by atoms with Crippen LogP contribution in [0.4, 0.5) is 0 Å². The number of carbonyl (C=O) groups excluding carboxylic acids is 2. The molecule has 1 N–H and O–H groups in total. The van der Waals surface area contributed by atoms with Crippen LogP contribution in [0, 0.1) is 0 Å². The average molecular weight is 1170 g/mol. The Morgan fingerprint density at radius 1 is 0.361 bits per heavy atom. The second-order valence-corrected chi connectivity index (χ2v) is 25.2. The van der Waals surface area contributed by atoms with Gasteiger partial charge in [0.15, 0.2) is 6.10 Å². The van der Waals surface area contributed by atoms with Crippen molar-refractivity contribution in [2.24, 2.45) is 0 Å². The Labute approximate surface area is 514 Å². The summed E-state index contributed by atoms with van der Waals surface area (Å²) in [6.07, 6.45) is 81.9. The van der Waals surface area contributed by atoms with Gasteiger partial charge in [0.25, 0.3) is 6.29 Å². The number of aliphatic carboxylic acids is 1. The minimum Gasteiger partial charge on any atom is -0.477 e. The average Bonchev–Trinajstić information content (AvgIpc) is 3.46. The normalized spacial score (nSPS) is 13.0. The number of esters is 2. The lowest BCUT2D eigenvalue weighted by molar-refractivity contribution is -0.870. The zero-order valence-electron chi connectivity index (χ0n) is 55.4. The van der Waals surface area contributed by atoms with Crippen LogP contribution in [-0.4, -0.2) is 87.4 Å². The van der Waals surface area contributed by atoms with E-state index in [0.717, 1.165) is 57.8 Å². The number of carboxylic acids is 1. The monoisotopic (exact) mass is 1170 g/mol. The van der Waals surface area contributed by atoms with Gasteiger partial charge in [-0.15, -0.1) is 0 Å². The highest BCUT2D eigenvalue weighted by Gasteiger charge is 2.25. The van der Waals surface area contributed by atoms with Gasteiger partial charge in [0, 0.05) is 12.8 Å². The molecule has 0 aliphatic heterocycles. The predicted octanol–water partition coefficient (Wildman–Crippen LogP) is 21.9. The largest absolute Gasteiger partial charge is 0.477 e. The summed E-state index contributed by atoms with van der Waals surface area (Å²) in [6, 6.07) is 0. The first-order valence-electron chi connectivity index (χ1n) is 35.5. The fourth-order valence-electron chi connectivity index (χ4n) is 10.3. The molecule has 0 rings (SSSR count). The number of hydrogen-bond donors (Lipinski definition) is 1. The van der Waals surface area contributed by atoms with Crippen LogP contribution in [0.1, 0.15) is 335 Å². The molecule has 0 fully saturated rings. The number of unbranched alkanes of at least 4 members (excludes halogenated alkanes) is 41. The van der Waals surface area contributed by atoms with Crippen molar-refractivity contribution in [2.45, 2.75) is 347 Å². The standard InChI is InChI=1S/C74H135NO8/c1-6-8-10-12-14-16-18-20-22-24-26-28-30-32-34-35-36-37-39-41-43-45-47-49-51-53-55-57-59-61-63-65-72(77)83-70(69-82-74(73(78)79)80-67-66-75(3,4)5)68-81-71(76)64-62-60-58-56-54-52-50-48-46-44-42-40-38-33-31-29-27-25-23-21-19-17-15-13-11-9-7-2/h18-21,24-27,30,32,70,74H,6-17,22-23,28-29,31,33-69H2,1-5H3/p+1/b20-18-,21-19-,26-24-,27-25-,32-30-. The molecule has 0 spiro atoms. The summed E-state index contributed by atoms with van der Waals surface area (Å²) in [4.78, 5) is 37.6. The first-order chi connectivity index (χ1) is 40.6. The second kappa shape index (κ2) is 65.0. The Bertz CT molecular complexity index is 1550. The molecule has 484 valence electrons. The van der Waals surface area contributed by atoms with Crippen LogP contribution in [0.25, 0.3) is 0 Å². The van der Waals surface area contributed by atoms with Gasteiger partial charge >= 0.3 is 17.9 Å². The Balaban J connectivity index is 4.09. The zero-order chi connectivity index (χ0) is 60.5. The highest BCUT2D eigenvalue weighted by Crippen LogP contribution is 2.18. The number of hydrogen-bond acceptors (Lipinski definition) is 7. The highest BCUT2D eigenvalue weighted by atomic mass is 16.7. The first-order valence-corrected chi connectivity index (χ1v) is 35.5. The van der Waals surface area contributed by atoms with Crippen molar-refractivity contribution < 1.29 is 42.9 Å². The minimum absolute atomic E-state index is 0.180. The number of likely N-dealkylation sites (N-methyl/N-ethyl adjacent to an activating group) is 1. The molecule has 0 bridgehead atoms. The predicted molar refractivity (Wildman–Crippen MR) is 355 cm³/mol. The molecule has 0 aromatic heterocycles. The molecule has 83 heavy (non-hydrogen) atoms. The van der Waals surface area contributed by atoms with E-state index in [2.05, 4.69) is 74.6 Å². The number of carboxylic acid groups (broad SMARTS) is 1. The fourth-order valence-corrected chi connectivity index (χ4v) is 10.3. The number of allylic oxidation sites excluding steroid dienone is 10. The molecule has 2 unspecified atom stereocenters. The molecule has 0 heterocycles. The molecule has 0 aliphatic rings. The smallest absolute Gasteiger partial charge is 0.361 e. The van der Waals surface area contributed by atoms with Crippen molar-refractivity contribution in [3.8, 4) is 0 Å². The van der Waals surface area contributed by atoms with Crippen LogP contribution in [-0.2, 0) is 33.3 Å². The lowest BCUT2D eigenvalue weighted by Gasteiger charge is -2.25. The van der Waals surface area contributed by atoms with Gasteiger partial charge < -0.3 is 28.5 Å². The maximum absolute atomic E-state index is 12.9. The summed E-state index contributed by atoms with van der Waals surface area (Å²) >= 11 is 0. The number of ether oxygens (including phenoxy) is 4. The van der Waals surface area contributed by atoms with Crippen LogP contribution >= 0.6 is 0 Å². The summed E-state index contributed by atoms with van der Waals surface area (Å²) in [5.41, 5.74) is 0. The molecular formula is C74H136NO8+. The Kier molecular flexibility index (Phi) is 62.6. The van der Waals surface area contributed by atoms with Crippen molar-refractivity contribution in [1.29, 1.82) is 0 Å². The fraction of sp³-hybridized carbons (Fsp3) is 0.824. The van der Waals surface area contributed by atoms with Gasteiger partial charge in [0.1, 0.15) is 13.2 Å². The van der Waals surface area contributed by atoms with Crippen LogP contribution < -0.4 is 0 Å². The Morgan fingerprint density at radius 3 is 0.964 bits per heavy atom. The summed E-state index contributed by atoms with van der Waals surface area (Å²) in [5.74, 6) is -1.99. The third-order valence-corrected chi connectivity index (χ3v) is 15.7. The van der Waals surface area contributed by atoms with Crippen LogP contribution in [0.3, 0.4) is 0 Å². The lowest BCUT2D eigenvalue weighted by atomic mass is 10.0. The van der Waals surface area contributed by atoms with Crippen molar-refractivity contribution in [3.63, 3.8) is 0 Å². The minimum atomic E-state index is -1.51. The van der Waals surface area contributed by atoms with Gasteiger partial charge in [0.2, 0.25) is 0 Å². The van der Waals surface area contributed by atoms with Gasteiger partial charge in [-0.1, -0.05) is 299 Å². The van der Waals surface area contributed by atoms with E-state index in [0.29, 0.717) is 17.4 Å². The molecular weight excluding hydrogens is 1030 g/mol. The van der Waals surface area contributed by atoms with E-state index in [1.807, 2.05) is 21.1 Å². The van der Waals surface area contributed by atoms with Gasteiger partial charge in [0.05, 0.1) is 34.4 Å². The highest BCUT2D eigenvalue weighted by molar-refractivity contribution is 5.71. The molecule has 0 saturated heterocycles. The quantitative estimate of drug-likeness (QED) is 0.0211. The van der Waals surface area contributed by atoms with E-state index in [9.17, 15) is 19.5 Å². The second-order valence-electron chi connectivity index (χ2n) is 25.2. The third kappa shape index (κ3) is 66.4. The molecule has 0 aromatic carbocycles. The maximum Gasteiger partial charge on any atom is 0.361 e. The summed E-state index contributed by atoms with van der Waals surface area (Å²) in [6.45, 7) is 4.90. The molecule has 0 saturated carbocycles. The Morgan fingerprint density at radius 2 is 0.651 bits per heavy atom. The van der Waals surface area contributed by atoms with Gasteiger partial charge in [-0.2, -0.15) is 0 Å². The molecule has 0 radical (unpaired) electrons. The van der Waals surface area contributed by atoms with Gasteiger partial charge in [-0.3, -0.25) is 9.59 Å². The van der Waals surface area contributed by atoms with E-state index in [-0.39, 0.29) is 38.2 Å². The molecule has 0 amide bonds. The molecule has 9 nitrogen and oxygen atoms in total. The van der Waals surface area contributed by atoms with E-state index < -0.39 is 18.4 Å². The van der Waals surface area contributed by atoms with Crippen LogP contribution in [0.15, 0.2) is 60.8 Å². The van der Waals surface area contributed by atoms with E-state index in [1.54, 1.807) is 0 Å². The molecule has 0 aliphatic carbocycles. The number of quaternary nitrogens is 1. The van der Waals surface area contributed by atoms with Gasteiger partial charge in [-0.05, 0) is 83.5 Å². The first kappa shape index (κ1) is 80.0. The maximum atomic E-state index is 12.9. The Hall–Kier alpha value is -3.01. The van der Waals surface area contributed by atoms with Crippen LogP contribution in [0.5, 0.6) is 0 Å². The summed E-state index contributed by atoms with van der Waals surface area (Å²) in [7, 11) is 5.99. The molecule has 2 atom stereocenters. The topological polar surface area (TPSA) is 108 Å². The number of rotatable bonds is 66. The number of carbonyl (C=O) groups is 3. The molecule has 9 heteroatoms. The third-order valence-electron chi connectivity index (χ3n) is 15.7. The SMILES string of the molecule is CCCCCCC/C=C\C/C=C\C/C=C\CCCCCCCCCCCCCCCCCCC(=O)OC(COC(=O)CCCCCCCCCCCCCCCCC/C=C\C/C=C\CCCCCCC)COC(OCC[N+](C)(C)C)C(=O)O. The van der Waals surface area contributed by atoms with E-state index in [4.69, 9.17) is 18.9 Å². The lowest BCUT2D eigenvalue weighted by Crippen LogP contribution is -2.40. The van der Waals surface area contributed by atoms with E-state index >= 15 is 0 Å². The van der Waals surface area contributed by atoms with Crippen molar-refractivity contribution in [3.05, 3.63) is 60.8 Å².